The smallest absolute Gasteiger partial charge is 0.0305 e. The molecule has 0 fully saturated rings. The SMILES string of the molecule is CC(C)(CN)NCc1cccs1. The van der Waals surface area contributed by atoms with Crippen molar-refractivity contribution in [1.82, 2.24) is 5.32 Å². The first-order valence-corrected chi connectivity index (χ1v) is 4.99. The van der Waals surface area contributed by atoms with Gasteiger partial charge in [-0.05, 0) is 25.3 Å². The van der Waals surface area contributed by atoms with Crippen LogP contribution in [0.3, 0.4) is 0 Å². The molecule has 0 aliphatic rings. The lowest BCUT2D eigenvalue weighted by Gasteiger charge is -2.23. The van der Waals surface area contributed by atoms with Gasteiger partial charge in [-0.25, -0.2) is 0 Å². The Kier molecular flexibility index (Phi) is 3.26. The Morgan fingerprint density at radius 2 is 2.33 bits per heavy atom. The van der Waals surface area contributed by atoms with Crippen LogP contribution < -0.4 is 11.1 Å². The Morgan fingerprint density at radius 1 is 1.58 bits per heavy atom. The summed E-state index contributed by atoms with van der Waals surface area (Å²) in [4.78, 5) is 1.36. The van der Waals surface area contributed by atoms with Crippen LogP contribution >= 0.6 is 11.3 Å². The quantitative estimate of drug-likeness (QED) is 0.745. The van der Waals surface area contributed by atoms with Gasteiger partial charge in [-0.15, -0.1) is 11.3 Å². The molecule has 1 aromatic rings. The third-order valence-corrected chi connectivity index (χ3v) is 2.71. The summed E-state index contributed by atoms with van der Waals surface area (Å²) in [5, 5.41) is 5.49. The highest BCUT2D eigenvalue weighted by Gasteiger charge is 2.13. The van der Waals surface area contributed by atoms with Crippen LogP contribution in [0.25, 0.3) is 0 Å². The van der Waals surface area contributed by atoms with Crippen molar-refractivity contribution in [2.45, 2.75) is 25.9 Å². The summed E-state index contributed by atoms with van der Waals surface area (Å²) < 4.78 is 0. The van der Waals surface area contributed by atoms with E-state index in [1.165, 1.54) is 4.88 Å². The molecule has 3 N–H and O–H groups in total. The van der Waals surface area contributed by atoms with Crippen molar-refractivity contribution in [1.29, 1.82) is 0 Å². The van der Waals surface area contributed by atoms with Gasteiger partial charge >= 0.3 is 0 Å². The number of nitrogens with one attached hydrogen (secondary N) is 1. The first kappa shape index (κ1) is 9.71. The van der Waals surface area contributed by atoms with Crippen molar-refractivity contribution in [3.63, 3.8) is 0 Å². The van der Waals surface area contributed by atoms with Gasteiger partial charge in [-0.2, -0.15) is 0 Å². The first-order chi connectivity index (χ1) is 5.64. The molecule has 0 amide bonds. The topological polar surface area (TPSA) is 38.0 Å². The molecule has 0 radical (unpaired) electrons. The minimum Gasteiger partial charge on any atom is -0.329 e. The molecule has 3 heteroatoms. The Bertz CT molecular complexity index is 216. The van der Waals surface area contributed by atoms with Crippen LogP contribution in [0.15, 0.2) is 17.5 Å². The van der Waals surface area contributed by atoms with Crippen molar-refractivity contribution in [2.24, 2.45) is 5.73 Å². The van der Waals surface area contributed by atoms with Crippen LogP contribution in [0.5, 0.6) is 0 Å². The summed E-state index contributed by atoms with van der Waals surface area (Å²) in [6.45, 7) is 5.81. The molecule has 0 bridgehead atoms. The zero-order valence-corrected chi connectivity index (χ0v) is 8.45. The Labute approximate surface area is 77.8 Å². The van der Waals surface area contributed by atoms with E-state index >= 15 is 0 Å². The predicted octanol–water partition coefficient (Wildman–Crippen LogP) is 1.57. The molecule has 0 aliphatic carbocycles. The summed E-state index contributed by atoms with van der Waals surface area (Å²) in [6, 6.07) is 4.20. The highest BCUT2D eigenvalue weighted by atomic mass is 32.1. The van der Waals surface area contributed by atoms with Crippen LogP contribution in [-0.2, 0) is 6.54 Å². The highest BCUT2D eigenvalue weighted by Crippen LogP contribution is 2.09. The second kappa shape index (κ2) is 4.03. The molecule has 2 nitrogen and oxygen atoms in total. The fraction of sp³-hybridized carbons (Fsp3) is 0.556. The van der Waals surface area contributed by atoms with Crippen molar-refractivity contribution >= 4 is 11.3 Å². The standard InChI is InChI=1S/C9H16N2S/c1-9(2,7-10)11-6-8-4-3-5-12-8/h3-5,11H,6-7,10H2,1-2H3. The van der Waals surface area contributed by atoms with E-state index in [1.807, 2.05) is 0 Å². The minimum absolute atomic E-state index is 0.0456. The molecule has 0 atom stereocenters. The molecule has 0 saturated carbocycles. The van der Waals surface area contributed by atoms with Crippen LogP contribution in [0.1, 0.15) is 18.7 Å². The van der Waals surface area contributed by atoms with E-state index in [0.29, 0.717) is 6.54 Å². The predicted molar refractivity (Wildman–Crippen MR) is 54.3 cm³/mol. The average Bonchev–Trinajstić information content (AvgIpc) is 2.53. The molecule has 1 heterocycles. The molecule has 12 heavy (non-hydrogen) atoms. The fourth-order valence-corrected chi connectivity index (χ4v) is 1.46. The van der Waals surface area contributed by atoms with Crippen LogP contribution in [0.4, 0.5) is 0 Å². The number of hydrogen-bond acceptors (Lipinski definition) is 3. The molecule has 1 rings (SSSR count). The zero-order chi connectivity index (χ0) is 9.03. The van der Waals surface area contributed by atoms with Crippen molar-refractivity contribution in [3.05, 3.63) is 22.4 Å². The maximum absolute atomic E-state index is 5.59. The van der Waals surface area contributed by atoms with Gasteiger partial charge in [0.25, 0.3) is 0 Å². The molecular formula is C9H16N2S. The van der Waals surface area contributed by atoms with Crippen LogP contribution in [-0.4, -0.2) is 12.1 Å². The van der Waals surface area contributed by atoms with Gasteiger partial charge in [0, 0.05) is 23.5 Å². The van der Waals surface area contributed by atoms with E-state index in [4.69, 9.17) is 5.73 Å². The van der Waals surface area contributed by atoms with Crippen LogP contribution in [0.2, 0.25) is 0 Å². The monoisotopic (exact) mass is 184 g/mol. The van der Waals surface area contributed by atoms with E-state index in [0.717, 1.165) is 6.54 Å². The summed E-state index contributed by atoms with van der Waals surface area (Å²) in [6.07, 6.45) is 0. The summed E-state index contributed by atoms with van der Waals surface area (Å²) in [5.74, 6) is 0. The minimum atomic E-state index is 0.0456. The lowest BCUT2D eigenvalue weighted by molar-refractivity contribution is 0.398. The van der Waals surface area contributed by atoms with Gasteiger partial charge in [-0.3, -0.25) is 0 Å². The van der Waals surface area contributed by atoms with Crippen molar-refractivity contribution in [3.8, 4) is 0 Å². The molecule has 0 spiro atoms. The fourth-order valence-electron chi connectivity index (χ4n) is 0.812. The molecular weight excluding hydrogens is 168 g/mol. The maximum atomic E-state index is 5.59. The molecule has 0 aliphatic heterocycles. The van der Waals surface area contributed by atoms with E-state index in [1.54, 1.807) is 11.3 Å². The molecule has 0 unspecified atom stereocenters. The van der Waals surface area contributed by atoms with Gasteiger partial charge in [0.05, 0.1) is 0 Å². The number of rotatable bonds is 4. The van der Waals surface area contributed by atoms with Gasteiger partial charge < -0.3 is 11.1 Å². The Hall–Kier alpha value is -0.380. The van der Waals surface area contributed by atoms with E-state index in [-0.39, 0.29) is 5.54 Å². The molecule has 1 aromatic heterocycles. The normalized spacial score (nSPS) is 11.9. The van der Waals surface area contributed by atoms with Gasteiger partial charge in [0.1, 0.15) is 0 Å². The Balaban J connectivity index is 2.36. The lowest BCUT2D eigenvalue weighted by Crippen LogP contribution is -2.45. The largest absolute Gasteiger partial charge is 0.329 e. The second-order valence-corrected chi connectivity index (χ2v) is 4.55. The van der Waals surface area contributed by atoms with Crippen molar-refractivity contribution in [2.75, 3.05) is 6.54 Å². The van der Waals surface area contributed by atoms with E-state index < -0.39 is 0 Å². The number of nitrogens with two attached hydrogens (primary N) is 1. The number of hydrogen-bond donors (Lipinski definition) is 2. The lowest BCUT2D eigenvalue weighted by atomic mass is 10.1. The molecule has 0 aromatic carbocycles. The number of thiophene rings is 1. The summed E-state index contributed by atoms with van der Waals surface area (Å²) in [5.41, 5.74) is 5.63. The summed E-state index contributed by atoms with van der Waals surface area (Å²) >= 11 is 1.77. The summed E-state index contributed by atoms with van der Waals surface area (Å²) in [7, 11) is 0. The third-order valence-electron chi connectivity index (χ3n) is 1.83. The van der Waals surface area contributed by atoms with Gasteiger partial charge in [0.15, 0.2) is 0 Å². The van der Waals surface area contributed by atoms with Gasteiger partial charge in [-0.1, -0.05) is 6.07 Å². The maximum Gasteiger partial charge on any atom is 0.0305 e. The van der Waals surface area contributed by atoms with E-state index in [2.05, 4.69) is 36.7 Å². The third kappa shape index (κ3) is 2.93. The molecule has 0 saturated heterocycles. The van der Waals surface area contributed by atoms with E-state index in [9.17, 15) is 0 Å². The highest BCUT2D eigenvalue weighted by molar-refractivity contribution is 7.09. The zero-order valence-electron chi connectivity index (χ0n) is 7.63. The van der Waals surface area contributed by atoms with Crippen molar-refractivity contribution < 1.29 is 0 Å². The Morgan fingerprint density at radius 3 is 2.83 bits per heavy atom. The average molecular weight is 184 g/mol. The van der Waals surface area contributed by atoms with Crippen LogP contribution in [0, 0.1) is 0 Å². The van der Waals surface area contributed by atoms with Gasteiger partial charge in [0.2, 0.25) is 0 Å². The second-order valence-electron chi connectivity index (χ2n) is 3.52. The molecule has 68 valence electrons. The first-order valence-electron chi connectivity index (χ1n) is 4.11.